The van der Waals surface area contributed by atoms with Crippen molar-refractivity contribution in [3.63, 3.8) is 0 Å². The summed E-state index contributed by atoms with van der Waals surface area (Å²) in [5.41, 5.74) is 1.15. The minimum absolute atomic E-state index is 0.156. The van der Waals surface area contributed by atoms with Crippen LogP contribution in [0.3, 0.4) is 0 Å². The number of aromatic nitrogens is 3. The van der Waals surface area contributed by atoms with Gasteiger partial charge in [0.25, 0.3) is 0 Å². The van der Waals surface area contributed by atoms with Crippen LogP contribution in [0.15, 0.2) is 24.3 Å². The molecule has 1 aliphatic rings. The van der Waals surface area contributed by atoms with E-state index < -0.39 is 0 Å². The van der Waals surface area contributed by atoms with Gasteiger partial charge in [0.1, 0.15) is 11.6 Å². The van der Waals surface area contributed by atoms with E-state index in [-0.39, 0.29) is 11.4 Å². The molecule has 0 radical (unpaired) electrons. The van der Waals surface area contributed by atoms with E-state index in [9.17, 15) is 4.79 Å². The van der Waals surface area contributed by atoms with Crippen molar-refractivity contribution in [2.75, 3.05) is 40.1 Å². The topological polar surface area (TPSA) is 85.9 Å². The summed E-state index contributed by atoms with van der Waals surface area (Å²) in [6.45, 7) is 8.45. The Hall–Kier alpha value is -2.22. The van der Waals surface area contributed by atoms with Gasteiger partial charge >= 0.3 is 6.03 Å². The third-order valence-electron chi connectivity index (χ3n) is 3.90. The van der Waals surface area contributed by atoms with Crippen molar-refractivity contribution in [1.29, 1.82) is 0 Å². The first-order valence-electron chi connectivity index (χ1n) is 8.81. The van der Waals surface area contributed by atoms with Gasteiger partial charge < -0.3 is 4.90 Å². The number of nitrogens with one attached hydrogen (secondary N) is 3. The number of urea groups is 1. The van der Waals surface area contributed by atoms with E-state index in [0.717, 1.165) is 42.5 Å². The molecule has 3 N–H and O–H groups in total. The number of pyridine rings is 1. The molecule has 1 saturated heterocycles. The Bertz CT molecular complexity index is 748. The zero-order valence-electron chi connectivity index (χ0n) is 15.5. The number of hydrogen-bond acceptors (Lipinski definition) is 5. The lowest BCUT2D eigenvalue weighted by Crippen LogP contribution is -2.33. The molecule has 0 saturated carbocycles. The average Bonchev–Trinajstić information content (AvgIpc) is 3.00. The number of anilines is 3. The predicted molar refractivity (Wildman–Crippen MR) is 108 cm³/mol. The first kappa shape index (κ1) is 18.6. The number of amides is 2. The van der Waals surface area contributed by atoms with Gasteiger partial charge in [-0.2, -0.15) is 16.9 Å². The third kappa shape index (κ3) is 5.39. The molecule has 1 fully saturated rings. The highest BCUT2D eigenvalue weighted by molar-refractivity contribution is 7.99. The van der Waals surface area contributed by atoms with Gasteiger partial charge in [0.05, 0.1) is 0 Å². The van der Waals surface area contributed by atoms with Crippen molar-refractivity contribution in [3.8, 4) is 0 Å². The van der Waals surface area contributed by atoms with E-state index >= 15 is 0 Å². The summed E-state index contributed by atoms with van der Waals surface area (Å²) in [6.07, 6.45) is 0.862. The summed E-state index contributed by atoms with van der Waals surface area (Å²) in [5.74, 6) is 4.15. The predicted octanol–water partition coefficient (Wildman–Crippen LogP) is 3.59. The van der Waals surface area contributed by atoms with Gasteiger partial charge in [0, 0.05) is 36.4 Å². The monoisotopic (exact) mass is 374 g/mol. The second kappa shape index (κ2) is 7.99. The number of nitrogens with zero attached hydrogens (tertiary/aromatic N) is 3. The molecule has 0 aliphatic carbocycles. The van der Waals surface area contributed by atoms with Crippen LogP contribution in [0.1, 0.15) is 26.5 Å². The molecule has 0 bridgehead atoms. The molecule has 3 heterocycles. The van der Waals surface area contributed by atoms with Gasteiger partial charge in [0.15, 0.2) is 5.82 Å². The molecule has 7 nitrogen and oxygen atoms in total. The van der Waals surface area contributed by atoms with Gasteiger partial charge in [-0.05, 0) is 24.0 Å². The number of aromatic amines is 1. The van der Waals surface area contributed by atoms with E-state index in [1.165, 1.54) is 0 Å². The zero-order chi connectivity index (χ0) is 18.6. The molecule has 0 aromatic carbocycles. The third-order valence-corrected chi connectivity index (χ3v) is 4.85. The number of thioether (sulfide) groups is 1. The van der Waals surface area contributed by atoms with E-state index in [4.69, 9.17) is 0 Å². The Kier molecular flexibility index (Phi) is 5.70. The summed E-state index contributed by atoms with van der Waals surface area (Å²) < 4.78 is 0. The average molecular weight is 375 g/mol. The highest BCUT2D eigenvalue weighted by atomic mass is 32.2. The van der Waals surface area contributed by atoms with Crippen LogP contribution in [0.25, 0.3) is 0 Å². The summed E-state index contributed by atoms with van der Waals surface area (Å²) in [5, 5.41) is 12.6. The minimum atomic E-state index is -0.349. The lowest BCUT2D eigenvalue weighted by Gasteiger charge is -2.27. The second-order valence-electron chi connectivity index (χ2n) is 7.58. The summed E-state index contributed by atoms with van der Waals surface area (Å²) in [6, 6.07) is 7.19. The van der Waals surface area contributed by atoms with Gasteiger partial charge in [-0.25, -0.2) is 9.78 Å². The largest absolute Gasteiger partial charge is 0.355 e. The fourth-order valence-corrected chi connectivity index (χ4v) is 3.72. The molecule has 1 aliphatic heterocycles. The second-order valence-corrected chi connectivity index (χ2v) is 8.80. The molecule has 26 heavy (non-hydrogen) atoms. The number of rotatable bonds is 4. The fourth-order valence-electron chi connectivity index (χ4n) is 2.81. The lowest BCUT2D eigenvalue weighted by atomic mass is 9.91. The SMILES string of the molecule is CC(C)(C)Cc1cc(NC(=O)Nc2cccc(N3CCSCC3)n2)n[nH]1. The fraction of sp³-hybridized carbons (Fsp3) is 0.500. The quantitative estimate of drug-likeness (QED) is 0.761. The Balaban J connectivity index is 1.58. The highest BCUT2D eigenvalue weighted by Crippen LogP contribution is 2.21. The number of H-pyrrole nitrogens is 1. The first-order chi connectivity index (χ1) is 12.4. The number of carbonyl (C=O) groups excluding carboxylic acids is 1. The van der Waals surface area contributed by atoms with E-state index in [0.29, 0.717) is 11.6 Å². The molecule has 0 atom stereocenters. The molecule has 8 heteroatoms. The van der Waals surface area contributed by atoms with Crippen LogP contribution >= 0.6 is 11.8 Å². The summed E-state index contributed by atoms with van der Waals surface area (Å²) in [7, 11) is 0. The van der Waals surface area contributed by atoms with Crippen LogP contribution in [-0.2, 0) is 6.42 Å². The molecule has 2 aromatic heterocycles. The Morgan fingerprint density at radius 3 is 2.69 bits per heavy atom. The van der Waals surface area contributed by atoms with Gasteiger partial charge in [-0.1, -0.05) is 26.8 Å². The minimum Gasteiger partial charge on any atom is -0.355 e. The van der Waals surface area contributed by atoms with Crippen molar-refractivity contribution in [3.05, 3.63) is 30.0 Å². The summed E-state index contributed by atoms with van der Waals surface area (Å²) in [4.78, 5) is 19.0. The number of hydrogen-bond donors (Lipinski definition) is 3. The van der Waals surface area contributed by atoms with Crippen LogP contribution in [-0.4, -0.2) is 45.8 Å². The van der Waals surface area contributed by atoms with Gasteiger partial charge in [-0.3, -0.25) is 15.7 Å². The molecule has 2 amide bonds. The lowest BCUT2D eigenvalue weighted by molar-refractivity contribution is 0.262. The molecule has 140 valence electrons. The van der Waals surface area contributed by atoms with Crippen molar-refractivity contribution < 1.29 is 4.79 Å². The van der Waals surface area contributed by atoms with Crippen molar-refractivity contribution in [2.45, 2.75) is 27.2 Å². The molecular weight excluding hydrogens is 348 g/mol. The maximum atomic E-state index is 12.2. The highest BCUT2D eigenvalue weighted by Gasteiger charge is 2.15. The van der Waals surface area contributed by atoms with Crippen LogP contribution in [0, 0.1) is 5.41 Å². The number of carbonyl (C=O) groups is 1. The van der Waals surface area contributed by atoms with Crippen LogP contribution < -0.4 is 15.5 Å². The zero-order valence-corrected chi connectivity index (χ0v) is 16.3. The Labute approximate surface area is 158 Å². The van der Waals surface area contributed by atoms with Crippen LogP contribution in [0.5, 0.6) is 0 Å². The Morgan fingerprint density at radius 1 is 1.23 bits per heavy atom. The smallest absolute Gasteiger partial charge is 0.326 e. The first-order valence-corrected chi connectivity index (χ1v) is 9.97. The van der Waals surface area contributed by atoms with Gasteiger partial charge in [-0.15, -0.1) is 0 Å². The molecule has 2 aromatic rings. The van der Waals surface area contributed by atoms with E-state index in [2.05, 4.69) is 51.5 Å². The normalized spacial score (nSPS) is 15.0. The van der Waals surface area contributed by atoms with E-state index in [1.54, 1.807) is 6.07 Å². The van der Waals surface area contributed by atoms with Crippen molar-refractivity contribution >= 4 is 35.2 Å². The molecule has 0 spiro atoms. The standard InChI is InChI=1S/C18H26N6OS/c1-18(2,3)12-13-11-15(23-22-13)21-17(25)20-14-5-4-6-16(19-14)24-7-9-26-10-8-24/h4-6,11H,7-10,12H2,1-3H3,(H3,19,20,21,22,23,25). The van der Waals surface area contributed by atoms with Crippen molar-refractivity contribution in [1.82, 2.24) is 15.2 Å². The van der Waals surface area contributed by atoms with E-state index in [1.807, 2.05) is 30.0 Å². The van der Waals surface area contributed by atoms with Gasteiger partial charge in [0.2, 0.25) is 0 Å². The molecule has 3 rings (SSSR count). The molecule has 0 unspecified atom stereocenters. The molecular formula is C18H26N6OS. The Morgan fingerprint density at radius 2 is 1.96 bits per heavy atom. The summed E-state index contributed by atoms with van der Waals surface area (Å²) >= 11 is 1.96. The maximum Gasteiger partial charge on any atom is 0.326 e. The van der Waals surface area contributed by atoms with Crippen molar-refractivity contribution in [2.24, 2.45) is 5.41 Å². The van der Waals surface area contributed by atoms with Crippen LogP contribution in [0.4, 0.5) is 22.2 Å². The maximum absolute atomic E-state index is 12.2. The van der Waals surface area contributed by atoms with Crippen LogP contribution in [0.2, 0.25) is 0 Å².